The lowest BCUT2D eigenvalue weighted by Crippen LogP contribution is -2.50. The number of hydrogen-bond donors (Lipinski definition) is 2. The summed E-state index contributed by atoms with van der Waals surface area (Å²) in [5.41, 5.74) is 4.93. The van der Waals surface area contributed by atoms with Gasteiger partial charge in [-0.3, -0.25) is 49.4 Å². The molecule has 0 saturated carbocycles. The van der Waals surface area contributed by atoms with E-state index < -0.39 is 48.5 Å². The Kier molecular flexibility index (Phi) is 4.59. The second-order valence-electron chi connectivity index (χ2n) is 6.58. The Bertz CT molecular complexity index is 982. The average molecular weight is 406 g/mol. The topological polar surface area (TPSA) is 133 Å². The fourth-order valence-electron chi connectivity index (χ4n) is 3.27. The number of benzene rings is 2. The van der Waals surface area contributed by atoms with E-state index in [0.717, 1.165) is 9.80 Å². The second-order valence-corrected chi connectivity index (χ2v) is 6.58. The van der Waals surface area contributed by atoms with Crippen molar-refractivity contribution < 1.29 is 28.8 Å². The van der Waals surface area contributed by atoms with E-state index >= 15 is 0 Å². The Morgan fingerprint density at radius 2 is 0.833 bits per heavy atom. The maximum Gasteiger partial charge on any atom is 0.262 e. The molecule has 0 radical (unpaired) electrons. The number of rotatable bonds is 4. The van der Waals surface area contributed by atoms with Crippen LogP contribution in [0, 0.1) is 0 Å². The molecule has 2 aromatic carbocycles. The highest BCUT2D eigenvalue weighted by atomic mass is 16.2. The van der Waals surface area contributed by atoms with Gasteiger partial charge in [-0.25, -0.2) is 0 Å². The first-order chi connectivity index (χ1) is 14.4. The molecule has 10 nitrogen and oxygen atoms in total. The van der Waals surface area contributed by atoms with Crippen LogP contribution in [0.1, 0.15) is 41.4 Å². The van der Waals surface area contributed by atoms with Crippen LogP contribution in [0.4, 0.5) is 0 Å². The summed E-state index contributed by atoms with van der Waals surface area (Å²) in [6, 6.07) is 12.4. The molecule has 10 heteroatoms. The van der Waals surface area contributed by atoms with Gasteiger partial charge in [0.15, 0.2) is 0 Å². The molecule has 150 valence electrons. The molecule has 2 aliphatic heterocycles. The van der Waals surface area contributed by atoms with Crippen molar-refractivity contribution in [2.45, 2.75) is 0 Å². The number of carbonyl (C=O) groups excluding carboxylic acids is 6. The lowest BCUT2D eigenvalue weighted by atomic mass is 10.1. The highest BCUT2D eigenvalue weighted by Crippen LogP contribution is 2.22. The fraction of sp³-hybridized carbons (Fsp3) is 0.100. The van der Waals surface area contributed by atoms with Crippen molar-refractivity contribution in [2.75, 3.05) is 13.1 Å². The van der Waals surface area contributed by atoms with Crippen LogP contribution < -0.4 is 10.9 Å². The molecule has 2 heterocycles. The number of imide groups is 2. The third-order valence-electron chi connectivity index (χ3n) is 4.70. The van der Waals surface area contributed by atoms with Crippen LogP contribution in [0.5, 0.6) is 0 Å². The normalized spacial score (nSPS) is 14.7. The summed E-state index contributed by atoms with van der Waals surface area (Å²) >= 11 is 0. The summed E-state index contributed by atoms with van der Waals surface area (Å²) in [5, 5.41) is 0. The molecule has 2 aliphatic rings. The van der Waals surface area contributed by atoms with Crippen LogP contribution in [-0.2, 0) is 9.59 Å². The summed E-state index contributed by atoms with van der Waals surface area (Å²) in [6.45, 7) is -1.20. The van der Waals surface area contributed by atoms with Crippen LogP contribution in [0.2, 0.25) is 0 Å². The minimum absolute atomic E-state index is 0.199. The summed E-state index contributed by atoms with van der Waals surface area (Å²) in [4.78, 5) is 74.7. The van der Waals surface area contributed by atoms with Gasteiger partial charge in [-0.15, -0.1) is 0 Å². The molecule has 6 amide bonds. The van der Waals surface area contributed by atoms with Crippen molar-refractivity contribution in [1.82, 2.24) is 20.7 Å². The first kappa shape index (κ1) is 19.0. The van der Waals surface area contributed by atoms with Crippen molar-refractivity contribution in [2.24, 2.45) is 0 Å². The number of hydrazine groups is 1. The third kappa shape index (κ3) is 3.09. The SMILES string of the molecule is O=C(CN1C(=O)c2ccccc2C1=O)NNC(=O)CN1C(=O)c2ccccc2C1=O. The summed E-state index contributed by atoms with van der Waals surface area (Å²) < 4.78 is 0. The number of hydrogen-bond acceptors (Lipinski definition) is 6. The number of fused-ring (bicyclic) bond motifs is 2. The van der Waals surface area contributed by atoms with Gasteiger partial charge < -0.3 is 0 Å². The molecule has 0 spiro atoms. The van der Waals surface area contributed by atoms with Crippen molar-refractivity contribution in [3.8, 4) is 0 Å². The Morgan fingerprint density at radius 3 is 1.10 bits per heavy atom. The quantitative estimate of drug-likeness (QED) is 0.530. The van der Waals surface area contributed by atoms with E-state index in [1.807, 2.05) is 0 Å². The van der Waals surface area contributed by atoms with E-state index in [0.29, 0.717) is 0 Å². The average Bonchev–Trinajstić information content (AvgIpc) is 3.13. The maximum atomic E-state index is 12.2. The third-order valence-corrected chi connectivity index (χ3v) is 4.70. The van der Waals surface area contributed by atoms with Crippen LogP contribution >= 0.6 is 0 Å². The van der Waals surface area contributed by atoms with Gasteiger partial charge >= 0.3 is 0 Å². The highest BCUT2D eigenvalue weighted by molar-refractivity contribution is 6.23. The first-order valence-corrected chi connectivity index (χ1v) is 8.86. The summed E-state index contributed by atoms with van der Waals surface area (Å²) in [7, 11) is 0. The van der Waals surface area contributed by atoms with Crippen LogP contribution in [0.15, 0.2) is 48.5 Å². The standard InChI is InChI=1S/C20H14N4O6/c25-15(9-23-17(27)11-5-1-2-6-12(11)18(23)28)21-22-16(26)10-24-19(29)13-7-3-4-8-14(13)20(24)30/h1-8H,9-10H2,(H,21,25)(H,22,26). The van der Waals surface area contributed by atoms with E-state index in [1.54, 1.807) is 24.3 Å². The van der Waals surface area contributed by atoms with Crippen molar-refractivity contribution in [3.05, 3.63) is 70.8 Å². The van der Waals surface area contributed by atoms with E-state index in [-0.39, 0.29) is 22.3 Å². The monoisotopic (exact) mass is 406 g/mol. The van der Waals surface area contributed by atoms with Crippen LogP contribution in [-0.4, -0.2) is 58.3 Å². The molecule has 0 aliphatic carbocycles. The van der Waals surface area contributed by atoms with E-state index in [2.05, 4.69) is 10.9 Å². The van der Waals surface area contributed by atoms with Gasteiger partial charge in [0, 0.05) is 0 Å². The predicted octanol–water partition coefficient (Wildman–Crippen LogP) is -0.274. The Hall–Kier alpha value is -4.34. The van der Waals surface area contributed by atoms with Gasteiger partial charge in [0.05, 0.1) is 22.3 Å². The molecule has 0 atom stereocenters. The van der Waals surface area contributed by atoms with E-state index in [9.17, 15) is 28.8 Å². The Balaban J connectivity index is 1.32. The van der Waals surface area contributed by atoms with Crippen molar-refractivity contribution in [1.29, 1.82) is 0 Å². The molecule has 30 heavy (non-hydrogen) atoms. The summed E-state index contributed by atoms with van der Waals surface area (Å²) in [5.74, 6) is -4.07. The minimum Gasteiger partial charge on any atom is -0.271 e. The van der Waals surface area contributed by atoms with Gasteiger partial charge in [0.2, 0.25) is 0 Å². The van der Waals surface area contributed by atoms with Gasteiger partial charge in [0.1, 0.15) is 13.1 Å². The van der Waals surface area contributed by atoms with Gasteiger partial charge in [-0.1, -0.05) is 24.3 Å². The van der Waals surface area contributed by atoms with Crippen molar-refractivity contribution in [3.63, 3.8) is 0 Å². The molecule has 0 saturated heterocycles. The first-order valence-electron chi connectivity index (χ1n) is 8.86. The molecular weight excluding hydrogens is 392 g/mol. The number of carbonyl (C=O) groups is 6. The lowest BCUT2D eigenvalue weighted by Gasteiger charge is -2.16. The number of nitrogens with one attached hydrogen (secondary N) is 2. The zero-order valence-corrected chi connectivity index (χ0v) is 15.4. The molecule has 2 N–H and O–H groups in total. The Labute approximate surface area is 169 Å². The Morgan fingerprint density at radius 1 is 0.567 bits per heavy atom. The molecule has 2 aromatic rings. The summed E-state index contributed by atoms with van der Waals surface area (Å²) in [6.07, 6.45) is 0. The van der Waals surface area contributed by atoms with Crippen LogP contribution in [0.3, 0.4) is 0 Å². The molecule has 0 fully saturated rings. The largest absolute Gasteiger partial charge is 0.271 e. The molecule has 0 aromatic heterocycles. The minimum atomic E-state index is -0.819. The maximum absolute atomic E-state index is 12.2. The van der Waals surface area contributed by atoms with Crippen LogP contribution in [0.25, 0.3) is 0 Å². The zero-order chi connectivity index (χ0) is 21.4. The van der Waals surface area contributed by atoms with E-state index in [4.69, 9.17) is 0 Å². The molecule has 0 unspecified atom stereocenters. The fourth-order valence-corrected chi connectivity index (χ4v) is 3.27. The molecule has 0 bridgehead atoms. The smallest absolute Gasteiger partial charge is 0.262 e. The predicted molar refractivity (Wildman–Crippen MR) is 99.9 cm³/mol. The highest BCUT2D eigenvalue weighted by Gasteiger charge is 2.37. The molecule has 4 rings (SSSR count). The van der Waals surface area contributed by atoms with Crippen molar-refractivity contribution >= 4 is 35.4 Å². The van der Waals surface area contributed by atoms with E-state index in [1.165, 1.54) is 24.3 Å². The second kappa shape index (κ2) is 7.24. The van der Waals surface area contributed by atoms with Gasteiger partial charge in [0.25, 0.3) is 35.4 Å². The number of amides is 6. The zero-order valence-electron chi connectivity index (χ0n) is 15.4. The lowest BCUT2D eigenvalue weighted by molar-refractivity contribution is -0.129. The van der Waals surface area contributed by atoms with Gasteiger partial charge in [-0.05, 0) is 24.3 Å². The molecular formula is C20H14N4O6. The number of nitrogens with zero attached hydrogens (tertiary/aromatic N) is 2. The van der Waals surface area contributed by atoms with Gasteiger partial charge in [-0.2, -0.15) is 0 Å².